The van der Waals surface area contributed by atoms with Crippen LogP contribution in [0.1, 0.15) is 45.1 Å². The van der Waals surface area contributed by atoms with Crippen LogP contribution < -0.4 is 10.1 Å². The van der Waals surface area contributed by atoms with Crippen molar-refractivity contribution in [3.05, 3.63) is 60.2 Å². The molecule has 3 nitrogen and oxygen atoms in total. The van der Waals surface area contributed by atoms with E-state index in [4.69, 9.17) is 4.74 Å². The Balaban J connectivity index is 1.82. The molecule has 0 aliphatic heterocycles. The van der Waals surface area contributed by atoms with E-state index in [9.17, 15) is 4.79 Å². The number of hydrogen-bond acceptors (Lipinski definition) is 2. The molecule has 24 heavy (non-hydrogen) atoms. The first-order valence-corrected chi connectivity index (χ1v) is 8.74. The average molecular weight is 323 g/mol. The Bertz CT molecular complexity index is 688. The Kier molecular flexibility index (Phi) is 4.89. The zero-order chi connectivity index (χ0) is 17.0. The van der Waals surface area contributed by atoms with Gasteiger partial charge < -0.3 is 10.1 Å². The van der Waals surface area contributed by atoms with Crippen molar-refractivity contribution in [2.75, 3.05) is 5.32 Å². The van der Waals surface area contributed by atoms with Crippen LogP contribution in [-0.2, 0) is 10.2 Å². The molecule has 126 valence electrons. The molecule has 0 spiro atoms. The second-order valence-electron chi connectivity index (χ2n) is 6.80. The second-order valence-corrected chi connectivity index (χ2v) is 6.80. The van der Waals surface area contributed by atoms with Gasteiger partial charge in [-0.15, -0.1) is 0 Å². The van der Waals surface area contributed by atoms with E-state index in [0.29, 0.717) is 0 Å². The molecule has 0 saturated heterocycles. The van der Waals surface area contributed by atoms with Gasteiger partial charge in [0.25, 0.3) is 0 Å². The van der Waals surface area contributed by atoms with Gasteiger partial charge in [0.15, 0.2) is 0 Å². The zero-order valence-corrected chi connectivity index (χ0v) is 14.4. The number of anilines is 1. The van der Waals surface area contributed by atoms with Crippen molar-refractivity contribution in [3.63, 3.8) is 0 Å². The van der Waals surface area contributed by atoms with Crippen LogP contribution in [-0.4, -0.2) is 12.0 Å². The molecule has 1 N–H and O–H groups in total. The highest BCUT2D eigenvalue weighted by molar-refractivity contribution is 5.99. The Morgan fingerprint density at radius 3 is 2.42 bits per heavy atom. The second kappa shape index (κ2) is 7.08. The SMILES string of the molecule is CC(C)Oc1cccc(NC(=O)C2(c3ccccc3)CCCC2)c1. The maximum atomic E-state index is 13.1. The van der Waals surface area contributed by atoms with Crippen LogP contribution in [0.3, 0.4) is 0 Å². The zero-order valence-electron chi connectivity index (χ0n) is 14.4. The quantitative estimate of drug-likeness (QED) is 0.847. The van der Waals surface area contributed by atoms with E-state index in [1.54, 1.807) is 0 Å². The van der Waals surface area contributed by atoms with Crippen LogP contribution in [0, 0.1) is 0 Å². The van der Waals surface area contributed by atoms with E-state index < -0.39 is 5.41 Å². The fraction of sp³-hybridized carbons (Fsp3) is 0.381. The number of amides is 1. The maximum Gasteiger partial charge on any atom is 0.235 e. The monoisotopic (exact) mass is 323 g/mol. The fourth-order valence-electron chi connectivity index (χ4n) is 3.55. The van der Waals surface area contributed by atoms with Crippen molar-refractivity contribution in [2.24, 2.45) is 0 Å². The predicted octanol–water partition coefficient (Wildman–Crippen LogP) is 4.92. The highest BCUT2D eigenvalue weighted by Crippen LogP contribution is 2.42. The molecule has 0 bridgehead atoms. The summed E-state index contributed by atoms with van der Waals surface area (Å²) < 4.78 is 5.72. The van der Waals surface area contributed by atoms with Gasteiger partial charge in [0, 0.05) is 11.8 Å². The van der Waals surface area contributed by atoms with E-state index in [2.05, 4.69) is 17.4 Å². The standard InChI is InChI=1S/C21H25NO2/c1-16(2)24-19-12-8-11-18(15-19)22-20(23)21(13-6-7-14-21)17-9-4-3-5-10-17/h3-5,8-12,15-16H,6-7,13-14H2,1-2H3,(H,22,23). The van der Waals surface area contributed by atoms with Crippen molar-refractivity contribution >= 4 is 11.6 Å². The lowest BCUT2D eigenvalue weighted by Crippen LogP contribution is -2.37. The third kappa shape index (κ3) is 3.45. The number of ether oxygens (including phenoxy) is 1. The summed E-state index contributed by atoms with van der Waals surface area (Å²) in [5.41, 5.74) is 1.51. The average Bonchev–Trinajstić information content (AvgIpc) is 3.06. The number of carbonyl (C=O) groups is 1. The van der Waals surface area contributed by atoms with Gasteiger partial charge in [0.2, 0.25) is 5.91 Å². The molecule has 0 atom stereocenters. The fourth-order valence-corrected chi connectivity index (χ4v) is 3.55. The van der Waals surface area contributed by atoms with Gasteiger partial charge in [-0.25, -0.2) is 0 Å². The predicted molar refractivity (Wildman–Crippen MR) is 97.4 cm³/mol. The maximum absolute atomic E-state index is 13.1. The number of benzene rings is 2. The van der Waals surface area contributed by atoms with E-state index in [-0.39, 0.29) is 12.0 Å². The molecule has 1 aliphatic carbocycles. The van der Waals surface area contributed by atoms with Crippen LogP contribution >= 0.6 is 0 Å². The van der Waals surface area contributed by atoms with Gasteiger partial charge in [-0.2, -0.15) is 0 Å². The van der Waals surface area contributed by atoms with E-state index >= 15 is 0 Å². The van der Waals surface area contributed by atoms with Gasteiger partial charge in [-0.3, -0.25) is 4.79 Å². The summed E-state index contributed by atoms with van der Waals surface area (Å²) in [5.74, 6) is 0.871. The number of hydrogen-bond donors (Lipinski definition) is 1. The van der Waals surface area contributed by atoms with Gasteiger partial charge in [-0.1, -0.05) is 49.2 Å². The normalized spacial score (nSPS) is 16.1. The lowest BCUT2D eigenvalue weighted by molar-refractivity contribution is -0.121. The Hall–Kier alpha value is -2.29. The molecular weight excluding hydrogens is 298 g/mol. The minimum atomic E-state index is -0.407. The van der Waals surface area contributed by atoms with Crippen LogP contribution in [0.5, 0.6) is 5.75 Å². The summed E-state index contributed by atoms with van der Waals surface area (Å²) in [6.45, 7) is 3.99. The number of carbonyl (C=O) groups excluding carboxylic acids is 1. The molecule has 1 fully saturated rings. The third-order valence-electron chi connectivity index (χ3n) is 4.68. The topological polar surface area (TPSA) is 38.3 Å². The highest BCUT2D eigenvalue weighted by atomic mass is 16.5. The summed E-state index contributed by atoms with van der Waals surface area (Å²) in [5, 5.41) is 3.12. The molecule has 1 amide bonds. The minimum absolute atomic E-state index is 0.0906. The summed E-state index contributed by atoms with van der Waals surface area (Å²) in [6.07, 6.45) is 4.12. The highest BCUT2D eigenvalue weighted by Gasteiger charge is 2.42. The van der Waals surface area contributed by atoms with Crippen LogP contribution in [0.2, 0.25) is 0 Å². The van der Waals surface area contributed by atoms with Crippen molar-refractivity contribution in [3.8, 4) is 5.75 Å². The molecular formula is C21H25NO2. The molecule has 0 heterocycles. The first-order valence-electron chi connectivity index (χ1n) is 8.74. The largest absolute Gasteiger partial charge is 0.491 e. The van der Waals surface area contributed by atoms with Crippen LogP contribution in [0.25, 0.3) is 0 Å². The van der Waals surface area contributed by atoms with Gasteiger partial charge in [0.05, 0.1) is 11.5 Å². The molecule has 1 saturated carbocycles. The summed E-state index contributed by atoms with van der Waals surface area (Å²) in [4.78, 5) is 13.1. The van der Waals surface area contributed by atoms with Crippen molar-refractivity contribution in [2.45, 2.75) is 51.0 Å². The summed E-state index contributed by atoms with van der Waals surface area (Å²) >= 11 is 0. The number of nitrogens with one attached hydrogen (secondary N) is 1. The Morgan fingerprint density at radius 1 is 1.04 bits per heavy atom. The first-order chi connectivity index (χ1) is 11.6. The summed E-state index contributed by atoms with van der Waals surface area (Å²) in [6, 6.07) is 17.8. The smallest absolute Gasteiger partial charge is 0.235 e. The van der Waals surface area contributed by atoms with Crippen molar-refractivity contribution in [1.29, 1.82) is 0 Å². The molecule has 1 aliphatic rings. The van der Waals surface area contributed by atoms with Crippen molar-refractivity contribution < 1.29 is 9.53 Å². The molecule has 0 unspecified atom stereocenters. The Morgan fingerprint density at radius 2 is 1.75 bits per heavy atom. The van der Waals surface area contributed by atoms with Gasteiger partial charge in [-0.05, 0) is 44.4 Å². The molecule has 0 aromatic heterocycles. The summed E-state index contributed by atoms with van der Waals surface area (Å²) in [7, 11) is 0. The molecule has 3 heteroatoms. The van der Waals surface area contributed by atoms with Crippen LogP contribution in [0.4, 0.5) is 5.69 Å². The van der Waals surface area contributed by atoms with E-state index in [0.717, 1.165) is 42.7 Å². The molecule has 2 aromatic rings. The van der Waals surface area contributed by atoms with Crippen molar-refractivity contribution in [1.82, 2.24) is 0 Å². The van der Waals surface area contributed by atoms with Gasteiger partial charge >= 0.3 is 0 Å². The van der Waals surface area contributed by atoms with E-state index in [1.807, 2.05) is 56.3 Å². The minimum Gasteiger partial charge on any atom is -0.491 e. The molecule has 3 rings (SSSR count). The Labute approximate surface area is 144 Å². The molecule has 2 aromatic carbocycles. The lowest BCUT2D eigenvalue weighted by atomic mass is 9.78. The first kappa shape index (κ1) is 16.6. The number of rotatable bonds is 5. The molecule has 0 radical (unpaired) electrons. The van der Waals surface area contributed by atoms with E-state index in [1.165, 1.54) is 0 Å². The third-order valence-corrected chi connectivity index (χ3v) is 4.68. The van der Waals surface area contributed by atoms with Gasteiger partial charge in [0.1, 0.15) is 5.75 Å². The van der Waals surface area contributed by atoms with Crippen LogP contribution in [0.15, 0.2) is 54.6 Å². The lowest BCUT2D eigenvalue weighted by Gasteiger charge is -2.28.